The number of carbonyl (C=O) groups is 1. The molecule has 6 nitrogen and oxygen atoms in total. The number of rotatable bonds is 10. The van der Waals surface area contributed by atoms with E-state index >= 15 is 0 Å². The summed E-state index contributed by atoms with van der Waals surface area (Å²) in [7, 11) is 0. The standard InChI is InChI=1S/C17H21ClF4N4O2/c1-3-25(4-2)8-7-23-17(27)11-6-5-10(28-11)9-26-14(16(21)22)12(18)13(24-26)15(19)20/h5-6,15-16H,3-4,7-9H2,1-2H3,(H,23,27). The minimum Gasteiger partial charge on any atom is -0.454 e. The molecule has 0 saturated heterocycles. The molecule has 0 saturated carbocycles. The fourth-order valence-corrected chi connectivity index (χ4v) is 2.93. The van der Waals surface area contributed by atoms with Crippen LogP contribution in [0.1, 0.15) is 54.4 Å². The van der Waals surface area contributed by atoms with Crippen LogP contribution in [0.2, 0.25) is 5.02 Å². The molecule has 1 amide bonds. The second-order valence-corrected chi connectivity index (χ2v) is 6.27. The molecule has 0 unspecified atom stereocenters. The molecule has 11 heteroatoms. The van der Waals surface area contributed by atoms with E-state index in [2.05, 4.69) is 15.3 Å². The van der Waals surface area contributed by atoms with Gasteiger partial charge in [-0.15, -0.1) is 0 Å². The normalized spacial score (nSPS) is 11.8. The van der Waals surface area contributed by atoms with Gasteiger partial charge in [0.25, 0.3) is 18.8 Å². The quantitative estimate of drug-likeness (QED) is 0.583. The van der Waals surface area contributed by atoms with E-state index in [1.54, 1.807) is 0 Å². The topological polar surface area (TPSA) is 63.3 Å². The molecule has 0 radical (unpaired) electrons. The molecular formula is C17H21ClF4N4O2. The van der Waals surface area contributed by atoms with Crippen molar-refractivity contribution in [2.24, 2.45) is 0 Å². The highest BCUT2D eigenvalue weighted by atomic mass is 35.5. The summed E-state index contributed by atoms with van der Waals surface area (Å²) in [5, 5.41) is 5.38. The third-order valence-corrected chi connectivity index (χ3v) is 4.56. The zero-order valence-electron chi connectivity index (χ0n) is 15.4. The number of aromatic nitrogens is 2. The number of nitrogens with zero attached hydrogens (tertiary/aromatic N) is 3. The fraction of sp³-hybridized carbons (Fsp3) is 0.529. The summed E-state index contributed by atoms with van der Waals surface area (Å²) < 4.78 is 58.1. The van der Waals surface area contributed by atoms with Gasteiger partial charge in [0.05, 0.1) is 11.6 Å². The first-order chi connectivity index (χ1) is 13.3. The first-order valence-electron chi connectivity index (χ1n) is 8.70. The number of hydrogen-bond acceptors (Lipinski definition) is 4. The molecule has 2 rings (SSSR count). The molecule has 0 fully saturated rings. The Labute approximate surface area is 164 Å². The maximum Gasteiger partial charge on any atom is 0.287 e. The SMILES string of the molecule is CCN(CC)CCNC(=O)c1ccc(Cn2nc(C(F)F)c(Cl)c2C(F)F)o1. The van der Waals surface area contributed by atoms with Crippen LogP contribution >= 0.6 is 11.6 Å². The van der Waals surface area contributed by atoms with Gasteiger partial charge in [0.2, 0.25) is 0 Å². The zero-order chi connectivity index (χ0) is 20.8. The molecule has 1 N–H and O–H groups in total. The van der Waals surface area contributed by atoms with Gasteiger partial charge in [-0.05, 0) is 25.2 Å². The van der Waals surface area contributed by atoms with Gasteiger partial charge < -0.3 is 14.6 Å². The van der Waals surface area contributed by atoms with Gasteiger partial charge in [0.1, 0.15) is 17.1 Å². The van der Waals surface area contributed by atoms with Gasteiger partial charge >= 0.3 is 0 Å². The van der Waals surface area contributed by atoms with Gasteiger partial charge in [-0.3, -0.25) is 9.48 Å². The predicted octanol–water partition coefficient (Wildman–Crippen LogP) is 4.12. The van der Waals surface area contributed by atoms with Crippen molar-refractivity contribution in [1.82, 2.24) is 20.0 Å². The fourth-order valence-electron chi connectivity index (χ4n) is 2.63. The number of nitrogens with one attached hydrogen (secondary N) is 1. The molecule has 0 spiro atoms. The van der Waals surface area contributed by atoms with Crippen LogP contribution in [-0.2, 0) is 6.54 Å². The Balaban J connectivity index is 2.07. The number of hydrogen-bond donors (Lipinski definition) is 1. The third kappa shape index (κ3) is 5.26. The highest BCUT2D eigenvalue weighted by molar-refractivity contribution is 6.32. The van der Waals surface area contributed by atoms with Crippen molar-refractivity contribution in [3.63, 3.8) is 0 Å². The lowest BCUT2D eigenvalue weighted by Crippen LogP contribution is -2.34. The number of likely N-dealkylation sites (N-methyl/N-ethyl adjacent to an activating group) is 1. The van der Waals surface area contributed by atoms with Gasteiger partial charge in [-0.1, -0.05) is 25.4 Å². The van der Waals surface area contributed by atoms with Gasteiger partial charge in [0, 0.05) is 13.1 Å². The van der Waals surface area contributed by atoms with Gasteiger partial charge in [0.15, 0.2) is 5.76 Å². The summed E-state index contributed by atoms with van der Waals surface area (Å²) in [4.78, 5) is 14.2. The minimum absolute atomic E-state index is 0.0134. The first kappa shape index (κ1) is 22.2. The molecule has 0 atom stereocenters. The summed E-state index contributed by atoms with van der Waals surface area (Å²) in [6, 6.07) is 2.77. The van der Waals surface area contributed by atoms with E-state index in [1.807, 2.05) is 13.8 Å². The lowest BCUT2D eigenvalue weighted by molar-refractivity contribution is 0.0918. The smallest absolute Gasteiger partial charge is 0.287 e. The van der Waals surface area contributed by atoms with Crippen molar-refractivity contribution in [3.05, 3.63) is 40.1 Å². The Bertz CT molecular complexity index is 790. The monoisotopic (exact) mass is 424 g/mol. The van der Waals surface area contributed by atoms with E-state index in [0.29, 0.717) is 17.8 Å². The van der Waals surface area contributed by atoms with Crippen LogP contribution in [0.15, 0.2) is 16.5 Å². The highest BCUT2D eigenvalue weighted by Gasteiger charge is 2.28. The molecule has 2 aromatic heterocycles. The second kappa shape index (κ2) is 9.92. The molecule has 0 aliphatic carbocycles. The van der Waals surface area contributed by atoms with Crippen LogP contribution in [0.5, 0.6) is 0 Å². The van der Waals surface area contributed by atoms with E-state index in [0.717, 1.165) is 13.1 Å². The Morgan fingerprint density at radius 2 is 1.93 bits per heavy atom. The van der Waals surface area contributed by atoms with Crippen molar-refractivity contribution in [1.29, 1.82) is 0 Å². The maximum atomic E-state index is 13.2. The number of alkyl halides is 4. The zero-order valence-corrected chi connectivity index (χ0v) is 16.1. The van der Waals surface area contributed by atoms with Crippen molar-refractivity contribution in [2.45, 2.75) is 33.2 Å². The Morgan fingerprint density at radius 3 is 2.50 bits per heavy atom. The van der Waals surface area contributed by atoms with Crippen LogP contribution in [-0.4, -0.2) is 46.8 Å². The van der Waals surface area contributed by atoms with E-state index in [-0.39, 0.29) is 18.1 Å². The summed E-state index contributed by atoms with van der Waals surface area (Å²) >= 11 is 5.61. The Hall–Kier alpha value is -2.07. The van der Waals surface area contributed by atoms with Gasteiger partial charge in [-0.2, -0.15) is 5.10 Å². The van der Waals surface area contributed by atoms with Crippen LogP contribution in [0.4, 0.5) is 17.6 Å². The van der Waals surface area contributed by atoms with Crippen molar-refractivity contribution in [3.8, 4) is 0 Å². The maximum absolute atomic E-state index is 13.2. The molecule has 2 heterocycles. The number of amides is 1. The summed E-state index contributed by atoms with van der Waals surface area (Å²) in [5.41, 5.74) is -1.74. The number of halogens is 5. The highest BCUT2D eigenvalue weighted by Crippen LogP contribution is 2.34. The second-order valence-electron chi connectivity index (χ2n) is 5.89. The average Bonchev–Trinajstić information content (AvgIpc) is 3.23. The van der Waals surface area contributed by atoms with E-state index in [4.69, 9.17) is 16.0 Å². The third-order valence-electron chi connectivity index (χ3n) is 4.17. The molecule has 0 aromatic carbocycles. The number of carbonyl (C=O) groups excluding carboxylic acids is 1. The van der Waals surface area contributed by atoms with Crippen LogP contribution in [0, 0.1) is 0 Å². The van der Waals surface area contributed by atoms with E-state index in [9.17, 15) is 22.4 Å². The molecule has 2 aromatic rings. The Kier molecular flexibility index (Phi) is 7.88. The van der Waals surface area contributed by atoms with Crippen molar-refractivity contribution in [2.75, 3.05) is 26.2 Å². The molecular weight excluding hydrogens is 404 g/mol. The lowest BCUT2D eigenvalue weighted by Gasteiger charge is -2.17. The first-order valence-corrected chi connectivity index (χ1v) is 9.07. The summed E-state index contributed by atoms with van der Waals surface area (Å²) in [6.07, 6.45) is -6.18. The van der Waals surface area contributed by atoms with E-state index in [1.165, 1.54) is 12.1 Å². The Morgan fingerprint density at radius 1 is 1.25 bits per heavy atom. The molecule has 0 aliphatic heterocycles. The number of furan rings is 1. The van der Waals surface area contributed by atoms with E-state index < -0.39 is 35.2 Å². The van der Waals surface area contributed by atoms with Gasteiger partial charge in [-0.25, -0.2) is 17.6 Å². The lowest BCUT2D eigenvalue weighted by atomic mass is 10.3. The summed E-state index contributed by atoms with van der Waals surface area (Å²) in [5.74, 6) is -0.365. The molecule has 156 valence electrons. The van der Waals surface area contributed by atoms with Crippen LogP contribution in [0.25, 0.3) is 0 Å². The molecule has 0 aliphatic rings. The summed E-state index contributed by atoms with van der Waals surface area (Å²) in [6.45, 7) is 6.47. The van der Waals surface area contributed by atoms with Crippen LogP contribution in [0.3, 0.4) is 0 Å². The van der Waals surface area contributed by atoms with Crippen LogP contribution < -0.4 is 5.32 Å². The predicted molar refractivity (Wildman–Crippen MR) is 95.1 cm³/mol. The molecule has 28 heavy (non-hydrogen) atoms. The van der Waals surface area contributed by atoms with Crippen molar-refractivity contribution >= 4 is 17.5 Å². The average molecular weight is 425 g/mol. The minimum atomic E-state index is -3.09. The molecule has 0 bridgehead atoms. The van der Waals surface area contributed by atoms with Crippen molar-refractivity contribution < 1.29 is 26.8 Å². The largest absolute Gasteiger partial charge is 0.454 e.